The normalized spacial score (nSPS) is 14.0. The first kappa shape index (κ1) is 97.1. The molecular weight excluding hydrogens is 1290 g/mol. The fourth-order valence-electron chi connectivity index (χ4n) is 12.3. The van der Waals surface area contributed by atoms with Gasteiger partial charge in [0.05, 0.1) is 26.4 Å². The number of carbonyl (C=O) groups is 4. The molecule has 0 saturated heterocycles. The molecule has 0 rings (SSSR count). The van der Waals surface area contributed by atoms with Crippen LogP contribution in [0.2, 0.25) is 0 Å². The van der Waals surface area contributed by atoms with Crippen LogP contribution < -0.4 is 0 Å². The molecule has 0 aromatic heterocycles. The van der Waals surface area contributed by atoms with Gasteiger partial charge in [-0.05, 0) is 43.4 Å². The average molecular weight is 1450 g/mol. The highest BCUT2D eigenvalue weighted by Crippen LogP contribution is 2.45. The first-order valence-corrected chi connectivity index (χ1v) is 44.3. The number of esters is 4. The lowest BCUT2D eigenvalue weighted by Crippen LogP contribution is -2.30. The fourth-order valence-corrected chi connectivity index (χ4v) is 13.9. The molecule has 3 N–H and O–H groups in total. The molecule has 17 nitrogen and oxygen atoms in total. The van der Waals surface area contributed by atoms with Crippen LogP contribution in [0.1, 0.15) is 414 Å². The molecule has 0 fully saturated rings. The second-order valence-electron chi connectivity index (χ2n) is 30.2. The molecule has 0 aliphatic rings. The van der Waals surface area contributed by atoms with Gasteiger partial charge in [-0.3, -0.25) is 37.3 Å². The van der Waals surface area contributed by atoms with Crippen molar-refractivity contribution < 1.29 is 80.2 Å². The van der Waals surface area contributed by atoms with Gasteiger partial charge in [0.1, 0.15) is 19.3 Å². The summed E-state index contributed by atoms with van der Waals surface area (Å²) in [6.07, 6.45) is 58.3. The van der Waals surface area contributed by atoms with Gasteiger partial charge in [0, 0.05) is 25.7 Å². The number of unbranched alkanes of at least 4 members (excludes halogenated alkanes) is 46. The smallest absolute Gasteiger partial charge is 0.462 e. The van der Waals surface area contributed by atoms with Gasteiger partial charge in [0.15, 0.2) is 12.2 Å². The van der Waals surface area contributed by atoms with Gasteiger partial charge in [-0.25, -0.2) is 9.13 Å². The number of hydrogen-bond acceptors (Lipinski definition) is 15. The standard InChI is InChI=1S/C80H156O17P2/c1-8-9-10-11-12-13-14-27-33-42-49-56-63-79(84)97-76(68-91-78(83)62-55-48-41-36-35-39-46-53-60-73(6)7)70-95-99(88,89)93-66-74(81)65-92-98(86,87)94-69-75(67-90-77(82)61-54-47-40-32-28-24-23-26-31-38-45-52-59-72(4)5)96-80(85)64-57-50-43-34-29-22-20-18-16-15-17-19-21-25-30-37-44-51-58-71(2)3/h71-76,81H,8-70H2,1-7H3,(H,86,87)(H,88,89)/t74-,75-,76-/m1/s1. The molecule has 0 amide bonds. The highest BCUT2D eigenvalue weighted by molar-refractivity contribution is 7.47. The number of aliphatic hydroxyl groups excluding tert-OH is 1. The monoisotopic (exact) mass is 1450 g/mol. The number of phosphoric acid groups is 2. The number of aliphatic hydroxyl groups is 1. The lowest BCUT2D eigenvalue weighted by Gasteiger charge is -2.21. The largest absolute Gasteiger partial charge is 0.472 e. The molecule has 99 heavy (non-hydrogen) atoms. The predicted octanol–water partition coefficient (Wildman–Crippen LogP) is 23.7. The van der Waals surface area contributed by atoms with E-state index >= 15 is 0 Å². The van der Waals surface area contributed by atoms with Crippen molar-refractivity contribution in [1.29, 1.82) is 0 Å². The molecule has 0 radical (unpaired) electrons. The van der Waals surface area contributed by atoms with Crippen LogP contribution in [-0.2, 0) is 65.4 Å². The van der Waals surface area contributed by atoms with Gasteiger partial charge in [0.2, 0.25) is 0 Å². The highest BCUT2D eigenvalue weighted by Gasteiger charge is 2.30. The third kappa shape index (κ3) is 74.1. The second kappa shape index (κ2) is 70.4. The fraction of sp³-hybridized carbons (Fsp3) is 0.950. The van der Waals surface area contributed by atoms with Crippen LogP contribution >= 0.6 is 15.6 Å². The van der Waals surface area contributed by atoms with Crippen LogP contribution in [-0.4, -0.2) is 96.7 Å². The number of carbonyl (C=O) groups excluding carboxylic acids is 4. The quantitative estimate of drug-likeness (QED) is 0.0222. The first-order valence-electron chi connectivity index (χ1n) is 41.3. The van der Waals surface area contributed by atoms with E-state index in [9.17, 15) is 43.2 Å². The third-order valence-corrected chi connectivity index (χ3v) is 20.5. The van der Waals surface area contributed by atoms with Crippen LogP contribution in [0.15, 0.2) is 0 Å². The van der Waals surface area contributed by atoms with Crippen molar-refractivity contribution in [3.63, 3.8) is 0 Å². The van der Waals surface area contributed by atoms with Gasteiger partial charge >= 0.3 is 39.5 Å². The summed E-state index contributed by atoms with van der Waals surface area (Å²) in [5.74, 6) is 0.217. The van der Waals surface area contributed by atoms with Crippen molar-refractivity contribution in [1.82, 2.24) is 0 Å². The van der Waals surface area contributed by atoms with E-state index in [2.05, 4.69) is 48.5 Å². The van der Waals surface area contributed by atoms with E-state index in [0.717, 1.165) is 108 Å². The summed E-state index contributed by atoms with van der Waals surface area (Å²) < 4.78 is 68.7. The van der Waals surface area contributed by atoms with Crippen LogP contribution in [0.5, 0.6) is 0 Å². The maximum Gasteiger partial charge on any atom is 0.472 e. The zero-order valence-corrected chi connectivity index (χ0v) is 66.8. The maximum absolute atomic E-state index is 13.1. The average Bonchev–Trinajstić information content (AvgIpc) is 2.73. The number of ether oxygens (including phenoxy) is 4. The Morgan fingerprint density at radius 2 is 0.465 bits per heavy atom. The Balaban J connectivity index is 5.22. The van der Waals surface area contributed by atoms with Crippen molar-refractivity contribution in [3.05, 3.63) is 0 Å². The molecule has 0 heterocycles. The summed E-state index contributed by atoms with van der Waals surface area (Å²) in [7, 11) is -9.92. The van der Waals surface area contributed by atoms with E-state index < -0.39 is 97.5 Å². The topological polar surface area (TPSA) is 237 Å². The maximum atomic E-state index is 13.1. The molecule has 588 valence electrons. The van der Waals surface area contributed by atoms with E-state index in [1.165, 1.54) is 225 Å². The summed E-state index contributed by atoms with van der Waals surface area (Å²) in [4.78, 5) is 73.0. The van der Waals surface area contributed by atoms with E-state index in [0.29, 0.717) is 25.7 Å². The van der Waals surface area contributed by atoms with Gasteiger partial charge in [-0.2, -0.15) is 0 Å². The minimum atomic E-state index is -4.96. The van der Waals surface area contributed by atoms with Crippen LogP contribution in [0, 0.1) is 17.8 Å². The molecule has 19 heteroatoms. The van der Waals surface area contributed by atoms with Crippen molar-refractivity contribution in [3.8, 4) is 0 Å². The lowest BCUT2D eigenvalue weighted by atomic mass is 10.0. The first-order chi connectivity index (χ1) is 47.7. The number of phosphoric ester groups is 2. The molecule has 0 aliphatic carbocycles. The Kier molecular flexibility index (Phi) is 69.0. The van der Waals surface area contributed by atoms with Crippen LogP contribution in [0.3, 0.4) is 0 Å². The molecule has 0 spiro atoms. The summed E-state index contributed by atoms with van der Waals surface area (Å²) in [6, 6.07) is 0. The third-order valence-electron chi connectivity index (χ3n) is 18.6. The van der Waals surface area contributed by atoms with E-state index in [1.54, 1.807) is 0 Å². The summed E-state index contributed by atoms with van der Waals surface area (Å²) in [5, 5.41) is 10.6. The molecule has 0 aliphatic heterocycles. The summed E-state index contributed by atoms with van der Waals surface area (Å²) in [5.41, 5.74) is 0. The molecule has 0 saturated carbocycles. The minimum Gasteiger partial charge on any atom is -0.462 e. The number of hydrogen-bond donors (Lipinski definition) is 3. The van der Waals surface area contributed by atoms with Crippen molar-refractivity contribution in [2.45, 2.75) is 433 Å². The second-order valence-corrected chi connectivity index (χ2v) is 33.1. The Morgan fingerprint density at radius 3 is 0.687 bits per heavy atom. The molecular formula is C80H156O17P2. The Bertz CT molecular complexity index is 1920. The van der Waals surface area contributed by atoms with Gasteiger partial charge in [0.25, 0.3) is 0 Å². The summed E-state index contributed by atoms with van der Waals surface area (Å²) in [6.45, 7) is 11.9. The van der Waals surface area contributed by atoms with Crippen molar-refractivity contribution in [2.75, 3.05) is 39.6 Å². The Morgan fingerprint density at radius 1 is 0.273 bits per heavy atom. The SMILES string of the molecule is CCCCCCCCCCCCCCC(=O)O[C@H](COC(=O)CCCCCCCCCCC(C)C)COP(=O)(O)OC[C@H](O)COP(=O)(O)OC[C@@H](COC(=O)CCCCCCCCCCCCCCC(C)C)OC(=O)CCCCCCCCCCCCCCCCCCCCC(C)C. The van der Waals surface area contributed by atoms with E-state index in [1.807, 2.05) is 0 Å². The predicted molar refractivity (Wildman–Crippen MR) is 405 cm³/mol. The zero-order valence-electron chi connectivity index (χ0n) is 65.0. The number of rotatable bonds is 78. The lowest BCUT2D eigenvalue weighted by molar-refractivity contribution is -0.161. The van der Waals surface area contributed by atoms with E-state index in [-0.39, 0.29) is 25.7 Å². The summed E-state index contributed by atoms with van der Waals surface area (Å²) >= 11 is 0. The van der Waals surface area contributed by atoms with Crippen molar-refractivity contribution in [2.24, 2.45) is 17.8 Å². The molecule has 0 bridgehead atoms. The van der Waals surface area contributed by atoms with E-state index in [4.69, 9.17) is 37.0 Å². The molecule has 0 aromatic rings. The van der Waals surface area contributed by atoms with Crippen LogP contribution in [0.4, 0.5) is 0 Å². The van der Waals surface area contributed by atoms with Gasteiger partial charge in [-0.15, -0.1) is 0 Å². The van der Waals surface area contributed by atoms with Crippen LogP contribution in [0.25, 0.3) is 0 Å². The minimum absolute atomic E-state index is 0.107. The molecule has 5 atom stereocenters. The molecule has 2 unspecified atom stereocenters. The van der Waals surface area contributed by atoms with Gasteiger partial charge in [-0.1, -0.05) is 363 Å². The molecule has 0 aromatic carbocycles. The Hall–Kier alpha value is -1.94. The Labute approximate surface area is 607 Å². The van der Waals surface area contributed by atoms with Crippen molar-refractivity contribution >= 4 is 39.5 Å². The van der Waals surface area contributed by atoms with Gasteiger partial charge < -0.3 is 33.8 Å². The highest BCUT2D eigenvalue weighted by atomic mass is 31.2. The zero-order chi connectivity index (χ0) is 73.0.